The number of fused-ring (bicyclic) bond motifs is 6. The van der Waals surface area contributed by atoms with Crippen molar-refractivity contribution in [2.75, 3.05) is 0 Å². The standard InChI is InChI=1S/C48H30O/c1-2-13-31(14-3-1)32-15-12-16-34(29-32)47-39-20-6-8-22-41(39)48(42-23-9-7-21-40(42)47)43-27-26-35(36-17-4-5-18-37(36)43)33-25-28-46-44(30-33)38-19-10-11-24-45(38)49-46/h1-30H. The summed E-state index contributed by atoms with van der Waals surface area (Å²) in [6, 6.07) is 65.9. The van der Waals surface area contributed by atoms with Crippen LogP contribution in [0.25, 0.3) is 98.8 Å². The molecular formula is C48H30O. The molecule has 0 saturated carbocycles. The number of benzene rings is 9. The van der Waals surface area contributed by atoms with Gasteiger partial charge in [-0.15, -0.1) is 0 Å². The number of furan rings is 1. The van der Waals surface area contributed by atoms with Crippen LogP contribution in [-0.4, -0.2) is 0 Å². The molecule has 1 heteroatoms. The second-order valence-electron chi connectivity index (χ2n) is 12.8. The van der Waals surface area contributed by atoms with Crippen molar-refractivity contribution in [2.45, 2.75) is 0 Å². The Bertz CT molecular complexity index is 2820. The first-order valence-electron chi connectivity index (χ1n) is 16.8. The number of hydrogen-bond acceptors (Lipinski definition) is 1. The summed E-state index contributed by atoms with van der Waals surface area (Å²) in [5.41, 5.74) is 11.7. The van der Waals surface area contributed by atoms with Crippen molar-refractivity contribution in [3.05, 3.63) is 182 Å². The molecule has 9 aromatic carbocycles. The van der Waals surface area contributed by atoms with E-state index in [2.05, 4.69) is 170 Å². The molecule has 10 rings (SSSR count). The van der Waals surface area contributed by atoms with Crippen LogP contribution in [0.15, 0.2) is 186 Å². The summed E-state index contributed by atoms with van der Waals surface area (Å²) in [5.74, 6) is 0. The van der Waals surface area contributed by atoms with Crippen molar-refractivity contribution in [2.24, 2.45) is 0 Å². The monoisotopic (exact) mass is 622 g/mol. The van der Waals surface area contributed by atoms with Gasteiger partial charge in [-0.25, -0.2) is 0 Å². The summed E-state index contributed by atoms with van der Waals surface area (Å²) < 4.78 is 6.16. The zero-order chi connectivity index (χ0) is 32.3. The Morgan fingerprint density at radius 1 is 0.245 bits per heavy atom. The van der Waals surface area contributed by atoms with E-state index in [1.54, 1.807) is 0 Å². The van der Waals surface area contributed by atoms with E-state index in [0.29, 0.717) is 0 Å². The minimum absolute atomic E-state index is 0.915. The Morgan fingerprint density at radius 2 is 0.755 bits per heavy atom. The smallest absolute Gasteiger partial charge is 0.135 e. The summed E-state index contributed by atoms with van der Waals surface area (Å²) >= 11 is 0. The van der Waals surface area contributed by atoms with Crippen molar-refractivity contribution in [1.29, 1.82) is 0 Å². The van der Waals surface area contributed by atoms with Crippen molar-refractivity contribution in [3.8, 4) is 44.5 Å². The molecular weight excluding hydrogens is 593 g/mol. The lowest BCUT2D eigenvalue weighted by Gasteiger charge is -2.20. The maximum absolute atomic E-state index is 6.16. The van der Waals surface area contributed by atoms with E-state index < -0.39 is 0 Å². The molecule has 0 fully saturated rings. The van der Waals surface area contributed by atoms with Gasteiger partial charge < -0.3 is 4.42 Å². The van der Waals surface area contributed by atoms with E-state index >= 15 is 0 Å². The third-order valence-electron chi connectivity index (χ3n) is 10.1. The average Bonchev–Trinajstić information content (AvgIpc) is 3.55. The maximum Gasteiger partial charge on any atom is 0.135 e. The van der Waals surface area contributed by atoms with Gasteiger partial charge in [-0.3, -0.25) is 0 Å². The Hall–Kier alpha value is -6.44. The molecule has 0 amide bonds. The van der Waals surface area contributed by atoms with Gasteiger partial charge in [0.25, 0.3) is 0 Å². The number of rotatable bonds is 4. The molecule has 0 radical (unpaired) electrons. The molecule has 0 bridgehead atoms. The second kappa shape index (κ2) is 11.1. The first-order valence-corrected chi connectivity index (χ1v) is 16.8. The Labute approximate surface area is 284 Å². The van der Waals surface area contributed by atoms with Crippen LogP contribution in [0.1, 0.15) is 0 Å². The van der Waals surface area contributed by atoms with Gasteiger partial charge in [0.15, 0.2) is 0 Å². The Kier molecular flexibility index (Phi) is 6.25. The molecule has 0 atom stereocenters. The predicted octanol–water partition coefficient (Wildman–Crippen LogP) is 13.7. The molecule has 0 aliphatic heterocycles. The lowest BCUT2D eigenvalue weighted by atomic mass is 9.83. The van der Waals surface area contributed by atoms with Crippen molar-refractivity contribution < 1.29 is 4.42 Å². The first kappa shape index (κ1) is 27.7. The largest absolute Gasteiger partial charge is 0.456 e. The second-order valence-corrected chi connectivity index (χ2v) is 12.8. The molecule has 228 valence electrons. The zero-order valence-electron chi connectivity index (χ0n) is 26.7. The van der Waals surface area contributed by atoms with E-state index in [-0.39, 0.29) is 0 Å². The molecule has 0 spiro atoms. The quantitative estimate of drug-likeness (QED) is 0.178. The van der Waals surface area contributed by atoms with Crippen LogP contribution >= 0.6 is 0 Å². The van der Waals surface area contributed by atoms with E-state index in [1.807, 2.05) is 12.1 Å². The van der Waals surface area contributed by atoms with Crippen LogP contribution in [0.5, 0.6) is 0 Å². The summed E-state index contributed by atoms with van der Waals surface area (Å²) in [6.45, 7) is 0. The summed E-state index contributed by atoms with van der Waals surface area (Å²) in [7, 11) is 0. The third kappa shape index (κ3) is 4.40. The van der Waals surface area contributed by atoms with Gasteiger partial charge in [-0.1, -0.05) is 158 Å². The minimum Gasteiger partial charge on any atom is -0.456 e. The topological polar surface area (TPSA) is 13.1 Å². The molecule has 0 aliphatic rings. The summed E-state index contributed by atoms with van der Waals surface area (Å²) in [6.07, 6.45) is 0. The van der Waals surface area contributed by atoms with Gasteiger partial charge in [0, 0.05) is 10.8 Å². The molecule has 0 aliphatic carbocycles. The Balaban J connectivity index is 1.22. The Morgan fingerprint density at radius 3 is 1.47 bits per heavy atom. The normalized spacial score (nSPS) is 11.7. The molecule has 1 nitrogen and oxygen atoms in total. The van der Waals surface area contributed by atoms with Crippen molar-refractivity contribution >= 4 is 54.3 Å². The van der Waals surface area contributed by atoms with E-state index in [1.165, 1.54) is 76.8 Å². The van der Waals surface area contributed by atoms with E-state index in [9.17, 15) is 0 Å². The van der Waals surface area contributed by atoms with Gasteiger partial charge in [0.2, 0.25) is 0 Å². The van der Waals surface area contributed by atoms with Gasteiger partial charge >= 0.3 is 0 Å². The van der Waals surface area contributed by atoms with Gasteiger partial charge in [-0.2, -0.15) is 0 Å². The maximum atomic E-state index is 6.16. The van der Waals surface area contributed by atoms with Crippen LogP contribution < -0.4 is 0 Å². The first-order chi connectivity index (χ1) is 24.3. The van der Waals surface area contributed by atoms with Crippen LogP contribution in [0, 0.1) is 0 Å². The zero-order valence-corrected chi connectivity index (χ0v) is 26.7. The molecule has 1 heterocycles. The lowest BCUT2D eigenvalue weighted by Crippen LogP contribution is -1.92. The predicted molar refractivity (Wildman–Crippen MR) is 208 cm³/mol. The highest BCUT2D eigenvalue weighted by molar-refractivity contribution is 6.24. The summed E-state index contributed by atoms with van der Waals surface area (Å²) in [4.78, 5) is 0. The SMILES string of the molecule is c1ccc(-c2cccc(-c3c4ccccc4c(-c4ccc(-c5ccc6oc7ccccc7c6c5)c5ccccc45)c4ccccc34)c2)cc1. The minimum atomic E-state index is 0.915. The number of hydrogen-bond donors (Lipinski definition) is 0. The van der Waals surface area contributed by atoms with Crippen molar-refractivity contribution in [1.82, 2.24) is 0 Å². The highest BCUT2D eigenvalue weighted by Crippen LogP contribution is 2.47. The van der Waals surface area contributed by atoms with Crippen LogP contribution in [-0.2, 0) is 0 Å². The average molecular weight is 623 g/mol. The van der Waals surface area contributed by atoms with Gasteiger partial charge in [-0.05, 0) is 101 Å². The third-order valence-corrected chi connectivity index (χ3v) is 10.1. The van der Waals surface area contributed by atoms with E-state index in [4.69, 9.17) is 4.42 Å². The highest BCUT2D eigenvalue weighted by atomic mass is 16.3. The van der Waals surface area contributed by atoms with Gasteiger partial charge in [0.1, 0.15) is 11.2 Å². The molecule has 49 heavy (non-hydrogen) atoms. The molecule has 0 unspecified atom stereocenters. The fourth-order valence-electron chi connectivity index (χ4n) is 7.88. The highest BCUT2D eigenvalue weighted by Gasteiger charge is 2.19. The number of para-hydroxylation sites is 1. The fraction of sp³-hybridized carbons (Fsp3) is 0. The molecule has 1 aromatic heterocycles. The van der Waals surface area contributed by atoms with Crippen LogP contribution in [0.3, 0.4) is 0 Å². The fourth-order valence-corrected chi connectivity index (χ4v) is 7.88. The van der Waals surface area contributed by atoms with Crippen molar-refractivity contribution in [3.63, 3.8) is 0 Å². The molecule has 0 saturated heterocycles. The molecule has 0 N–H and O–H groups in total. The lowest BCUT2D eigenvalue weighted by molar-refractivity contribution is 0.669. The summed E-state index contributed by atoms with van der Waals surface area (Å²) in [5, 5.41) is 9.79. The van der Waals surface area contributed by atoms with Crippen LogP contribution in [0.4, 0.5) is 0 Å². The molecule has 10 aromatic rings. The van der Waals surface area contributed by atoms with E-state index in [0.717, 1.165) is 21.9 Å². The van der Waals surface area contributed by atoms with Gasteiger partial charge in [0.05, 0.1) is 0 Å². The van der Waals surface area contributed by atoms with Crippen LogP contribution in [0.2, 0.25) is 0 Å².